The summed E-state index contributed by atoms with van der Waals surface area (Å²) in [5.41, 5.74) is 4.91. The van der Waals surface area contributed by atoms with Crippen molar-refractivity contribution in [1.82, 2.24) is 25.1 Å². The Labute approximate surface area is 200 Å². The van der Waals surface area contributed by atoms with Crippen LogP contribution in [-0.4, -0.2) is 50.3 Å². The molecule has 1 saturated heterocycles. The van der Waals surface area contributed by atoms with Crippen LogP contribution in [0.3, 0.4) is 0 Å². The van der Waals surface area contributed by atoms with Crippen molar-refractivity contribution in [2.45, 2.75) is 32.3 Å². The Morgan fingerprint density at radius 2 is 1.71 bits per heavy atom. The number of benzene rings is 1. The quantitative estimate of drug-likeness (QED) is 0.437. The molecule has 1 fully saturated rings. The third kappa shape index (κ3) is 3.73. The Morgan fingerprint density at radius 3 is 2.35 bits per heavy atom. The fourth-order valence-electron chi connectivity index (χ4n) is 5.26. The summed E-state index contributed by atoms with van der Waals surface area (Å²) in [5, 5.41) is 20.0. The molecule has 4 heterocycles. The van der Waals surface area contributed by atoms with Gasteiger partial charge in [0.25, 0.3) is 0 Å². The lowest BCUT2D eigenvalue weighted by molar-refractivity contribution is -0.127. The molecule has 3 aromatic heterocycles. The van der Waals surface area contributed by atoms with E-state index in [0.717, 1.165) is 46.7 Å². The highest BCUT2D eigenvalue weighted by atomic mass is 16.3. The lowest BCUT2D eigenvalue weighted by Crippen LogP contribution is -2.63. The predicted octanol–water partition coefficient (Wildman–Crippen LogP) is 4.84. The highest BCUT2D eigenvalue weighted by Gasteiger charge is 2.55. The van der Waals surface area contributed by atoms with Gasteiger partial charge in [-0.25, -0.2) is 0 Å². The van der Waals surface area contributed by atoms with Crippen molar-refractivity contribution in [3.8, 4) is 22.5 Å². The number of aromatic amines is 1. The first-order chi connectivity index (χ1) is 16.3. The number of rotatable bonds is 6. The number of likely N-dealkylation sites (tertiary alicyclic amines) is 1. The van der Waals surface area contributed by atoms with E-state index >= 15 is 0 Å². The summed E-state index contributed by atoms with van der Waals surface area (Å²) in [6, 6.07) is 16.3. The number of H-pyrrole nitrogens is 1. The van der Waals surface area contributed by atoms with Crippen molar-refractivity contribution in [2.75, 3.05) is 20.1 Å². The highest BCUT2D eigenvalue weighted by Crippen LogP contribution is 2.50. The lowest BCUT2D eigenvalue weighted by atomic mass is 9.62. The van der Waals surface area contributed by atoms with Gasteiger partial charge < -0.3 is 10.0 Å². The molecule has 0 spiro atoms. The summed E-state index contributed by atoms with van der Waals surface area (Å²) in [4.78, 5) is 11.0. The monoisotopic (exact) mass is 453 g/mol. The zero-order valence-electron chi connectivity index (χ0n) is 20.2. The minimum absolute atomic E-state index is 0.339. The maximum atomic E-state index is 12.4. The maximum absolute atomic E-state index is 12.4. The Kier molecular flexibility index (Phi) is 5.58. The average Bonchev–Trinajstić information content (AvgIpc) is 3.34. The number of pyridine rings is 2. The van der Waals surface area contributed by atoms with Gasteiger partial charge in [0.05, 0.1) is 11.4 Å². The number of hydrogen-bond acceptors (Lipinski definition) is 5. The second-order valence-corrected chi connectivity index (χ2v) is 10.1. The zero-order chi connectivity index (χ0) is 23.9. The summed E-state index contributed by atoms with van der Waals surface area (Å²) < 4.78 is 0. The number of aliphatic hydroxyl groups is 1. The van der Waals surface area contributed by atoms with E-state index in [1.807, 2.05) is 24.3 Å². The van der Waals surface area contributed by atoms with E-state index in [1.54, 1.807) is 24.8 Å². The van der Waals surface area contributed by atoms with Crippen LogP contribution in [0.4, 0.5) is 0 Å². The summed E-state index contributed by atoms with van der Waals surface area (Å²) in [5.74, 6) is 0.436. The van der Waals surface area contributed by atoms with E-state index in [4.69, 9.17) is 0 Å². The minimum Gasteiger partial charge on any atom is -0.380 e. The third-order valence-electron chi connectivity index (χ3n) is 7.11. The van der Waals surface area contributed by atoms with Crippen LogP contribution in [0, 0.1) is 5.41 Å². The van der Waals surface area contributed by atoms with E-state index in [-0.39, 0.29) is 5.41 Å². The van der Waals surface area contributed by atoms with Crippen molar-refractivity contribution < 1.29 is 5.11 Å². The second-order valence-electron chi connectivity index (χ2n) is 10.1. The molecular weight excluding hydrogens is 422 g/mol. The molecule has 1 aromatic carbocycles. The van der Waals surface area contributed by atoms with Crippen LogP contribution < -0.4 is 0 Å². The highest BCUT2D eigenvalue weighted by molar-refractivity contribution is 5.68. The van der Waals surface area contributed by atoms with Gasteiger partial charge >= 0.3 is 0 Å². The standard InChI is InChI=1S/C28H31N5O/c1-19(2)20-7-9-23(10-8-20)28(34,27(3)17-33(4)18-27)24-12-22(15-30-16-24)26-13-25(31-32-26)21-6-5-11-29-14-21/h5-16,19,34H,17-18H2,1-4H3,(H,31,32)/t28-/m0/s1. The van der Waals surface area contributed by atoms with Gasteiger partial charge in [-0.15, -0.1) is 0 Å². The Hall–Kier alpha value is -3.35. The Morgan fingerprint density at radius 1 is 0.971 bits per heavy atom. The molecule has 1 aliphatic heterocycles. The normalized spacial score (nSPS) is 17.4. The summed E-state index contributed by atoms with van der Waals surface area (Å²) in [6.07, 6.45) is 7.14. The zero-order valence-corrected chi connectivity index (χ0v) is 20.2. The van der Waals surface area contributed by atoms with E-state index < -0.39 is 5.60 Å². The molecule has 0 saturated carbocycles. The molecule has 0 amide bonds. The van der Waals surface area contributed by atoms with E-state index in [1.165, 1.54) is 5.56 Å². The molecule has 1 aliphatic rings. The molecule has 34 heavy (non-hydrogen) atoms. The number of nitrogens with one attached hydrogen (secondary N) is 1. The molecule has 4 aromatic rings. The molecule has 0 aliphatic carbocycles. The predicted molar refractivity (Wildman–Crippen MR) is 134 cm³/mol. The van der Waals surface area contributed by atoms with Crippen LogP contribution in [0.15, 0.2) is 73.3 Å². The first-order valence-electron chi connectivity index (χ1n) is 11.7. The number of aromatic nitrogens is 4. The van der Waals surface area contributed by atoms with Gasteiger partial charge in [0.15, 0.2) is 0 Å². The molecule has 0 radical (unpaired) electrons. The summed E-state index contributed by atoms with van der Waals surface area (Å²) in [7, 11) is 2.09. The Balaban J connectivity index is 1.57. The van der Waals surface area contributed by atoms with Crippen LogP contribution in [0.25, 0.3) is 22.5 Å². The minimum atomic E-state index is -1.18. The van der Waals surface area contributed by atoms with Gasteiger partial charge in [-0.1, -0.05) is 45.0 Å². The topological polar surface area (TPSA) is 77.9 Å². The van der Waals surface area contributed by atoms with Crippen molar-refractivity contribution >= 4 is 0 Å². The van der Waals surface area contributed by atoms with Crippen LogP contribution in [0.2, 0.25) is 0 Å². The molecule has 2 N–H and O–H groups in total. The van der Waals surface area contributed by atoms with Gasteiger partial charge in [-0.05, 0) is 48.4 Å². The smallest absolute Gasteiger partial charge is 0.124 e. The van der Waals surface area contributed by atoms with Crippen LogP contribution in [0.5, 0.6) is 0 Å². The van der Waals surface area contributed by atoms with Gasteiger partial charge in [-0.2, -0.15) is 5.10 Å². The average molecular weight is 454 g/mol. The van der Waals surface area contributed by atoms with Gasteiger partial charge in [0.2, 0.25) is 0 Å². The molecule has 5 rings (SSSR count). The van der Waals surface area contributed by atoms with E-state index in [9.17, 15) is 5.11 Å². The third-order valence-corrected chi connectivity index (χ3v) is 7.11. The largest absolute Gasteiger partial charge is 0.380 e. The SMILES string of the molecule is CC(C)c1ccc([C@](O)(c2cncc(-c3cc(-c4cccnc4)[nH]n3)c2)C2(C)CN(C)C2)cc1. The molecule has 174 valence electrons. The van der Waals surface area contributed by atoms with Crippen molar-refractivity contribution in [3.05, 3.63) is 90.0 Å². The van der Waals surface area contributed by atoms with Crippen LogP contribution >= 0.6 is 0 Å². The molecule has 6 nitrogen and oxygen atoms in total. The summed E-state index contributed by atoms with van der Waals surface area (Å²) >= 11 is 0. The van der Waals surface area contributed by atoms with Crippen molar-refractivity contribution in [2.24, 2.45) is 5.41 Å². The summed E-state index contributed by atoms with van der Waals surface area (Å²) in [6.45, 7) is 8.12. The van der Waals surface area contributed by atoms with E-state index in [0.29, 0.717) is 5.92 Å². The first kappa shape index (κ1) is 22.4. The fourth-order valence-corrected chi connectivity index (χ4v) is 5.26. The Bertz CT molecular complexity index is 1280. The number of nitrogens with zero attached hydrogens (tertiary/aromatic N) is 4. The second kappa shape index (κ2) is 8.46. The van der Waals surface area contributed by atoms with Crippen LogP contribution in [-0.2, 0) is 5.60 Å². The van der Waals surface area contributed by atoms with Gasteiger partial charge in [0, 0.05) is 60.0 Å². The van der Waals surface area contributed by atoms with Gasteiger partial charge in [-0.3, -0.25) is 15.1 Å². The van der Waals surface area contributed by atoms with Crippen molar-refractivity contribution in [1.29, 1.82) is 0 Å². The first-order valence-corrected chi connectivity index (χ1v) is 11.7. The maximum Gasteiger partial charge on any atom is 0.124 e. The molecular formula is C28H31N5O. The van der Waals surface area contributed by atoms with Crippen molar-refractivity contribution in [3.63, 3.8) is 0 Å². The molecule has 0 bridgehead atoms. The lowest BCUT2D eigenvalue weighted by Gasteiger charge is -2.55. The van der Waals surface area contributed by atoms with Crippen LogP contribution in [0.1, 0.15) is 43.4 Å². The van der Waals surface area contributed by atoms with E-state index in [2.05, 4.69) is 77.1 Å². The molecule has 0 unspecified atom stereocenters. The fraction of sp³-hybridized carbons (Fsp3) is 0.321. The molecule has 6 heteroatoms. The van der Waals surface area contributed by atoms with Gasteiger partial charge in [0.1, 0.15) is 5.60 Å². The molecule has 1 atom stereocenters. The number of hydrogen-bond donors (Lipinski definition) is 2.